The number of carbonyl (C=O) groups is 2. The van der Waals surface area contributed by atoms with Crippen LogP contribution >= 0.6 is 0 Å². The van der Waals surface area contributed by atoms with Crippen LogP contribution < -0.4 is 5.32 Å². The second-order valence-electron chi connectivity index (χ2n) is 4.28. The third-order valence-corrected chi connectivity index (χ3v) is 2.42. The zero-order valence-electron chi connectivity index (χ0n) is 9.36. The maximum atomic E-state index is 11.3. The summed E-state index contributed by atoms with van der Waals surface area (Å²) in [6.07, 6.45) is -0.952. The highest BCUT2D eigenvalue weighted by Gasteiger charge is 2.33. The molecule has 5 nitrogen and oxygen atoms in total. The van der Waals surface area contributed by atoms with Crippen LogP contribution in [0.15, 0.2) is 0 Å². The maximum Gasteiger partial charge on any atom is 0.251 e. The zero-order chi connectivity index (χ0) is 11.6. The standard InChI is InChI=1S/C10H18N2O3/c1-6(2)9(14)11-8-4-12(5-8)10(15)7(3)13/h6-8,13H,4-5H2,1-3H3,(H,11,14)/t7-/m1/s1. The van der Waals surface area contributed by atoms with Crippen LogP contribution in [0, 0.1) is 5.92 Å². The molecule has 0 bridgehead atoms. The first kappa shape index (κ1) is 12.0. The molecule has 0 aromatic rings. The molecule has 0 radical (unpaired) electrons. The lowest BCUT2D eigenvalue weighted by Gasteiger charge is -2.40. The number of amides is 2. The van der Waals surface area contributed by atoms with Gasteiger partial charge in [-0.05, 0) is 6.92 Å². The summed E-state index contributed by atoms with van der Waals surface area (Å²) in [4.78, 5) is 24.1. The first-order valence-electron chi connectivity index (χ1n) is 5.19. The van der Waals surface area contributed by atoms with Crippen molar-refractivity contribution in [2.45, 2.75) is 32.9 Å². The van der Waals surface area contributed by atoms with E-state index in [0.717, 1.165) is 0 Å². The first-order chi connectivity index (χ1) is 6.91. The Morgan fingerprint density at radius 3 is 2.27 bits per heavy atom. The molecule has 1 aliphatic heterocycles. The highest BCUT2D eigenvalue weighted by atomic mass is 16.3. The molecule has 1 fully saturated rings. The van der Waals surface area contributed by atoms with Gasteiger partial charge in [0.2, 0.25) is 5.91 Å². The summed E-state index contributed by atoms with van der Waals surface area (Å²) in [5.74, 6) is -0.305. The predicted octanol–water partition coefficient (Wildman–Crippen LogP) is -0.650. The Hall–Kier alpha value is -1.10. The topological polar surface area (TPSA) is 69.6 Å². The molecule has 1 heterocycles. The van der Waals surface area contributed by atoms with E-state index in [1.807, 2.05) is 13.8 Å². The van der Waals surface area contributed by atoms with Crippen molar-refractivity contribution in [3.05, 3.63) is 0 Å². The molecule has 0 aliphatic carbocycles. The Bertz CT molecular complexity index is 257. The van der Waals surface area contributed by atoms with Crippen molar-refractivity contribution in [1.29, 1.82) is 0 Å². The van der Waals surface area contributed by atoms with Crippen molar-refractivity contribution in [3.8, 4) is 0 Å². The number of carbonyl (C=O) groups excluding carboxylic acids is 2. The van der Waals surface area contributed by atoms with Crippen LogP contribution in [-0.2, 0) is 9.59 Å². The lowest BCUT2D eigenvalue weighted by molar-refractivity contribution is -0.145. The van der Waals surface area contributed by atoms with Crippen LogP contribution in [-0.4, -0.2) is 47.1 Å². The highest BCUT2D eigenvalue weighted by Crippen LogP contribution is 2.10. The van der Waals surface area contributed by atoms with E-state index in [1.165, 1.54) is 11.8 Å². The first-order valence-corrected chi connectivity index (χ1v) is 5.19. The van der Waals surface area contributed by atoms with E-state index in [-0.39, 0.29) is 23.8 Å². The molecule has 0 spiro atoms. The van der Waals surface area contributed by atoms with Crippen LogP contribution in [0.1, 0.15) is 20.8 Å². The van der Waals surface area contributed by atoms with Gasteiger partial charge in [-0.25, -0.2) is 0 Å². The van der Waals surface area contributed by atoms with Crippen LogP contribution in [0.25, 0.3) is 0 Å². The minimum atomic E-state index is -0.952. The average molecular weight is 214 g/mol. The predicted molar refractivity (Wildman–Crippen MR) is 55.0 cm³/mol. The van der Waals surface area contributed by atoms with Gasteiger partial charge in [-0.3, -0.25) is 9.59 Å². The van der Waals surface area contributed by atoms with Gasteiger partial charge >= 0.3 is 0 Å². The average Bonchev–Trinajstić information content (AvgIpc) is 2.08. The van der Waals surface area contributed by atoms with Gasteiger partial charge in [-0.15, -0.1) is 0 Å². The molecule has 5 heteroatoms. The molecule has 0 aromatic heterocycles. The van der Waals surface area contributed by atoms with Crippen LogP contribution in [0.5, 0.6) is 0 Å². The largest absolute Gasteiger partial charge is 0.384 e. The normalized spacial score (nSPS) is 18.6. The molecule has 0 unspecified atom stereocenters. The highest BCUT2D eigenvalue weighted by molar-refractivity contribution is 5.82. The Balaban J connectivity index is 2.26. The molecule has 0 aromatic carbocycles. The minimum Gasteiger partial charge on any atom is -0.384 e. The molecule has 1 rings (SSSR count). The fourth-order valence-corrected chi connectivity index (χ4v) is 1.38. The smallest absolute Gasteiger partial charge is 0.251 e. The molecule has 15 heavy (non-hydrogen) atoms. The van der Waals surface area contributed by atoms with E-state index in [1.54, 1.807) is 0 Å². The molecule has 2 N–H and O–H groups in total. The van der Waals surface area contributed by atoms with Gasteiger partial charge in [0, 0.05) is 19.0 Å². The summed E-state index contributed by atoms with van der Waals surface area (Å²) < 4.78 is 0. The number of hydrogen-bond donors (Lipinski definition) is 2. The van der Waals surface area contributed by atoms with Crippen molar-refractivity contribution >= 4 is 11.8 Å². The van der Waals surface area contributed by atoms with Crippen molar-refractivity contribution in [3.63, 3.8) is 0 Å². The number of nitrogens with one attached hydrogen (secondary N) is 1. The van der Waals surface area contributed by atoms with E-state index in [9.17, 15) is 9.59 Å². The Morgan fingerprint density at radius 1 is 1.33 bits per heavy atom. The summed E-state index contributed by atoms with van der Waals surface area (Å²) in [5.41, 5.74) is 0. The fraction of sp³-hybridized carbons (Fsp3) is 0.800. The SMILES string of the molecule is CC(C)C(=O)NC1CN(C(=O)[C@@H](C)O)C1. The van der Waals surface area contributed by atoms with Gasteiger partial charge in [-0.2, -0.15) is 0 Å². The molecule has 1 atom stereocenters. The Morgan fingerprint density at radius 2 is 1.87 bits per heavy atom. The van der Waals surface area contributed by atoms with E-state index >= 15 is 0 Å². The van der Waals surface area contributed by atoms with Crippen molar-refractivity contribution in [1.82, 2.24) is 10.2 Å². The molecule has 1 aliphatic rings. The van der Waals surface area contributed by atoms with Crippen LogP contribution in [0.2, 0.25) is 0 Å². The Kier molecular flexibility index (Phi) is 3.68. The molecule has 1 saturated heterocycles. The second-order valence-corrected chi connectivity index (χ2v) is 4.28. The quantitative estimate of drug-likeness (QED) is 0.656. The maximum absolute atomic E-state index is 11.3. The summed E-state index contributed by atoms with van der Waals surface area (Å²) in [7, 11) is 0. The number of likely N-dealkylation sites (tertiary alicyclic amines) is 1. The fourth-order valence-electron chi connectivity index (χ4n) is 1.38. The molecule has 2 amide bonds. The van der Waals surface area contributed by atoms with E-state index in [4.69, 9.17) is 5.11 Å². The number of rotatable bonds is 3. The minimum absolute atomic E-state index is 0.00384. The summed E-state index contributed by atoms with van der Waals surface area (Å²) >= 11 is 0. The summed E-state index contributed by atoms with van der Waals surface area (Å²) in [5, 5.41) is 11.9. The number of aliphatic hydroxyl groups is 1. The number of nitrogens with zero attached hydrogens (tertiary/aromatic N) is 1. The van der Waals surface area contributed by atoms with Crippen LogP contribution in [0.4, 0.5) is 0 Å². The van der Waals surface area contributed by atoms with E-state index < -0.39 is 6.10 Å². The third-order valence-electron chi connectivity index (χ3n) is 2.42. The van der Waals surface area contributed by atoms with Crippen molar-refractivity contribution in [2.75, 3.05) is 13.1 Å². The Labute approximate surface area is 89.4 Å². The molecule has 86 valence electrons. The van der Waals surface area contributed by atoms with Gasteiger partial charge in [0.15, 0.2) is 0 Å². The number of aliphatic hydroxyl groups excluding tert-OH is 1. The van der Waals surface area contributed by atoms with Crippen molar-refractivity contribution < 1.29 is 14.7 Å². The van der Waals surface area contributed by atoms with Gasteiger partial charge in [0.05, 0.1) is 6.04 Å². The lowest BCUT2D eigenvalue weighted by Crippen LogP contribution is -2.62. The molecule has 0 saturated carbocycles. The van der Waals surface area contributed by atoms with Gasteiger partial charge < -0.3 is 15.3 Å². The summed E-state index contributed by atoms with van der Waals surface area (Å²) in [6, 6.07) is 0.0441. The number of hydrogen-bond acceptors (Lipinski definition) is 3. The molecular formula is C10H18N2O3. The van der Waals surface area contributed by atoms with Crippen LogP contribution in [0.3, 0.4) is 0 Å². The van der Waals surface area contributed by atoms with Crippen molar-refractivity contribution in [2.24, 2.45) is 5.92 Å². The third kappa shape index (κ3) is 2.92. The zero-order valence-corrected chi connectivity index (χ0v) is 9.36. The van der Waals surface area contributed by atoms with E-state index in [0.29, 0.717) is 13.1 Å². The lowest BCUT2D eigenvalue weighted by atomic mass is 10.1. The monoisotopic (exact) mass is 214 g/mol. The van der Waals surface area contributed by atoms with Gasteiger partial charge in [0.25, 0.3) is 5.91 Å². The second kappa shape index (κ2) is 4.61. The van der Waals surface area contributed by atoms with Gasteiger partial charge in [-0.1, -0.05) is 13.8 Å². The van der Waals surface area contributed by atoms with Gasteiger partial charge in [0.1, 0.15) is 6.10 Å². The summed E-state index contributed by atoms with van der Waals surface area (Å²) in [6.45, 7) is 6.10. The molecular weight excluding hydrogens is 196 g/mol. The van der Waals surface area contributed by atoms with E-state index in [2.05, 4.69) is 5.32 Å².